The van der Waals surface area contributed by atoms with E-state index in [1.807, 2.05) is 0 Å². The normalized spacial score (nSPS) is 11.1. The van der Waals surface area contributed by atoms with Crippen molar-refractivity contribution in [1.29, 1.82) is 0 Å². The second-order valence-electron chi connectivity index (χ2n) is 3.62. The molecule has 1 aromatic rings. The minimum absolute atomic E-state index is 0.313. The number of rotatable bonds is 4. The molecular weight excluding hydrogens is 232 g/mol. The van der Waals surface area contributed by atoms with Gasteiger partial charge in [0.25, 0.3) is 0 Å². The summed E-state index contributed by atoms with van der Waals surface area (Å²) in [5, 5.41) is 13.7. The van der Waals surface area contributed by atoms with Crippen LogP contribution >= 0.6 is 0 Å². The van der Waals surface area contributed by atoms with Gasteiger partial charge in [-0.2, -0.15) is 0 Å². The van der Waals surface area contributed by atoms with Gasteiger partial charge in [0, 0.05) is 11.3 Å². The van der Waals surface area contributed by atoms with Crippen molar-refractivity contribution < 1.29 is 14.7 Å². The van der Waals surface area contributed by atoms with Gasteiger partial charge in [0.15, 0.2) is 0 Å². The van der Waals surface area contributed by atoms with Crippen LogP contribution in [0.15, 0.2) is 24.3 Å². The molecule has 5 heteroatoms. The quantitative estimate of drug-likeness (QED) is 0.707. The van der Waals surface area contributed by atoms with Gasteiger partial charge < -0.3 is 15.7 Å². The Labute approximate surface area is 105 Å². The van der Waals surface area contributed by atoms with Crippen LogP contribution in [0.2, 0.25) is 0 Å². The number of benzene rings is 1. The van der Waals surface area contributed by atoms with Gasteiger partial charge in [0.1, 0.15) is 6.04 Å². The van der Waals surface area contributed by atoms with Gasteiger partial charge in [-0.1, -0.05) is 18.9 Å². The van der Waals surface area contributed by atoms with Gasteiger partial charge in [-0.25, -0.2) is 9.59 Å². The number of anilines is 1. The van der Waals surface area contributed by atoms with Gasteiger partial charge in [0.2, 0.25) is 0 Å². The first-order chi connectivity index (χ1) is 8.56. The van der Waals surface area contributed by atoms with E-state index in [0.717, 1.165) is 0 Å². The Morgan fingerprint density at radius 2 is 2.22 bits per heavy atom. The maximum atomic E-state index is 11.5. The topological polar surface area (TPSA) is 78.4 Å². The lowest BCUT2D eigenvalue weighted by molar-refractivity contribution is -0.139. The molecule has 0 unspecified atom stereocenters. The van der Waals surface area contributed by atoms with E-state index in [-0.39, 0.29) is 0 Å². The standard InChI is InChI=1S/C13H14N2O3/c1-3-9-6-5-7-10(8-9)14-13(18)15-11(4-2)12(16)17/h1,5-8,11H,4H2,2H3,(H,16,17)(H2,14,15,18)/t11-/m1/s1. The second-order valence-corrected chi connectivity index (χ2v) is 3.62. The molecule has 94 valence electrons. The van der Waals surface area contributed by atoms with E-state index in [4.69, 9.17) is 11.5 Å². The molecule has 0 saturated carbocycles. The number of hydrogen-bond donors (Lipinski definition) is 3. The lowest BCUT2D eigenvalue weighted by atomic mass is 10.2. The van der Waals surface area contributed by atoms with Gasteiger partial charge in [-0.3, -0.25) is 0 Å². The van der Waals surface area contributed by atoms with E-state index in [0.29, 0.717) is 17.7 Å². The summed E-state index contributed by atoms with van der Waals surface area (Å²) in [5.74, 6) is 1.38. The largest absolute Gasteiger partial charge is 0.480 e. The zero-order chi connectivity index (χ0) is 13.5. The van der Waals surface area contributed by atoms with Crippen LogP contribution in [0.3, 0.4) is 0 Å². The Morgan fingerprint density at radius 3 is 2.78 bits per heavy atom. The number of carboxylic acid groups (broad SMARTS) is 1. The van der Waals surface area contributed by atoms with Crippen molar-refractivity contribution in [2.45, 2.75) is 19.4 Å². The fraction of sp³-hybridized carbons (Fsp3) is 0.231. The predicted octanol–water partition coefficient (Wildman–Crippen LogP) is 1.65. The molecular formula is C13H14N2O3. The Balaban J connectivity index is 2.64. The predicted molar refractivity (Wildman–Crippen MR) is 68.2 cm³/mol. The molecule has 0 heterocycles. The van der Waals surface area contributed by atoms with Crippen LogP contribution in [-0.2, 0) is 4.79 Å². The molecule has 1 aromatic carbocycles. The zero-order valence-corrected chi connectivity index (χ0v) is 9.93. The number of nitrogens with one attached hydrogen (secondary N) is 2. The van der Waals surface area contributed by atoms with Crippen molar-refractivity contribution in [3.05, 3.63) is 29.8 Å². The third kappa shape index (κ3) is 3.83. The van der Waals surface area contributed by atoms with Gasteiger partial charge in [0.05, 0.1) is 0 Å². The molecule has 0 aromatic heterocycles. The Bertz CT molecular complexity index is 491. The maximum Gasteiger partial charge on any atom is 0.326 e. The van der Waals surface area contributed by atoms with Crippen LogP contribution in [0.1, 0.15) is 18.9 Å². The van der Waals surface area contributed by atoms with E-state index < -0.39 is 18.0 Å². The minimum Gasteiger partial charge on any atom is -0.480 e. The van der Waals surface area contributed by atoms with E-state index >= 15 is 0 Å². The summed E-state index contributed by atoms with van der Waals surface area (Å²) < 4.78 is 0. The van der Waals surface area contributed by atoms with Crippen LogP contribution in [0, 0.1) is 12.3 Å². The number of urea groups is 1. The third-order valence-corrected chi connectivity index (χ3v) is 2.30. The fourth-order valence-corrected chi connectivity index (χ4v) is 1.35. The van der Waals surface area contributed by atoms with Crippen LogP contribution < -0.4 is 10.6 Å². The Kier molecular flexibility index (Phi) is 4.76. The second kappa shape index (κ2) is 6.30. The number of carbonyl (C=O) groups is 2. The molecule has 5 nitrogen and oxygen atoms in total. The SMILES string of the molecule is C#Cc1cccc(NC(=O)N[C@H](CC)C(=O)O)c1. The smallest absolute Gasteiger partial charge is 0.326 e. The monoisotopic (exact) mass is 246 g/mol. The summed E-state index contributed by atoms with van der Waals surface area (Å²) >= 11 is 0. The molecule has 1 rings (SSSR count). The lowest BCUT2D eigenvalue weighted by Gasteiger charge is -2.13. The number of aliphatic carboxylic acids is 1. The molecule has 2 amide bonds. The van der Waals surface area contributed by atoms with Crippen LogP contribution in [0.25, 0.3) is 0 Å². The van der Waals surface area contributed by atoms with Crippen molar-refractivity contribution >= 4 is 17.7 Å². The molecule has 0 aliphatic heterocycles. The minimum atomic E-state index is -1.06. The molecule has 0 bridgehead atoms. The highest BCUT2D eigenvalue weighted by molar-refractivity contribution is 5.92. The van der Waals surface area contributed by atoms with Crippen molar-refractivity contribution in [2.75, 3.05) is 5.32 Å². The Morgan fingerprint density at radius 1 is 1.50 bits per heavy atom. The molecule has 0 radical (unpaired) electrons. The lowest BCUT2D eigenvalue weighted by Crippen LogP contribution is -2.42. The van der Waals surface area contributed by atoms with Crippen molar-refractivity contribution in [1.82, 2.24) is 5.32 Å². The van der Waals surface area contributed by atoms with E-state index in [1.54, 1.807) is 31.2 Å². The number of carbonyl (C=O) groups excluding carboxylic acids is 1. The number of hydrogen-bond acceptors (Lipinski definition) is 2. The summed E-state index contributed by atoms with van der Waals surface area (Å²) in [4.78, 5) is 22.3. The fourth-order valence-electron chi connectivity index (χ4n) is 1.35. The van der Waals surface area contributed by atoms with Crippen LogP contribution in [-0.4, -0.2) is 23.1 Å². The highest BCUT2D eigenvalue weighted by Gasteiger charge is 2.17. The van der Waals surface area contributed by atoms with Gasteiger partial charge in [-0.05, 0) is 24.6 Å². The number of carboxylic acids is 1. The first kappa shape index (κ1) is 13.6. The van der Waals surface area contributed by atoms with Crippen molar-refractivity contribution in [3.8, 4) is 12.3 Å². The Hall–Kier alpha value is -2.48. The van der Waals surface area contributed by atoms with E-state index in [1.165, 1.54) is 0 Å². The molecule has 0 aliphatic carbocycles. The highest BCUT2D eigenvalue weighted by atomic mass is 16.4. The van der Waals surface area contributed by atoms with E-state index in [9.17, 15) is 9.59 Å². The molecule has 18 heavy (non-hydrogen) atoms. The average molecular weight is 246 g/mol. The maximum absolute atomic E-state index is 11.5. The van der Waals surface area contributed by atoms with Crippen LogP contribution in [0.4, 0.5) is 10.5 Å². The molecule has 0 fully saturated rings. The number of terminal acetylenes is 1. The van der Waals surface area contributed by atoms with Crippen LogP contribution in [0.5, 0.6) is 0 Å². The molecule has 1 atom stereocenters. The number of amides is 2. The molecule has 0 spiro atoms. The highest BCUT2D eigenvalue weighted by Crippen LogP contribution is 2.09. The van der Waals surface area contributed by atoms with E-state index in [2.05, 4.69) is 16.6 Å². The summed E-state index contributed by atoms with van der Waals surface area (Å²) in [5.41, 5.74) is 1.15. The zero-order valence-electron chi connectivity index (χ0n) is 9.93. The first-order valence-corrected chi connectivity index (χ1v) is 5.43. The summed E-state index contributed by atoms with van der Waals surface area (Å²) in [6.45, 7) is 1.68. The van der Waals surface area contributed by atoms with Crippen molar-refractivity contribution in [3.63, 3.8) is 0 Å². The summed E-state index contributed by atoms with van der Waals surface area (Å²) in [6, 6.07) is 5.26. The van der Waals surface area contributed by atoms with Crippen molar-refractivity contribution in [2.24, 2.45) is 0 Å². The van der Waals surface area contributed by atoms with Gasteiger partial charge in [-0.15, -0.1) is 6.42 Å². The molecule has 3 N–H and O–H groups in total. The van der Waals surface area contributed by atoms with Gasteiger partial charge >= 0.3 is 12.0 Å². The summed E-state index contributed by atoms with van der Waals surface area (Å²) in [6.07, 6.45) is 5.55. The first-order valence-electron chi connectivity index (χ1n) is 5.43. The molecule has 0 aliphatic rings. The summed E-state index contributed by atoms with van der Waals surface area (Å²) in [7, 11) is 0. The average Bonchev–Trinajstić information content (AvgIpc) is 2.35. The third-order valence-electron chi connectivity index (χ3n) is 2.30. The molecule has 0 saturated heterocycles.